The van der Waals surface area contributed by atoms with E-state index in [-0.39, 0.29) is 23.9 Å². The molecule has 1 aromatic heterocycles. The highest BCUT2D eigenvalue weighted by Crippen LogP contribution is 2.22. The quantitative estimate of drug-likeness (QED) is 0.369. The lowest BCUT2D eigenvalue weighted by Gasteiger charge is -2.07. The fraction of sp³-hybridized carbons (Fsp3) is 0.217. The van der Waals surface area contributed by atoms with Gasteiger partial charge in [0.1, 0.15) is 5.15 Å². The van der Waals surface area contributed by atoms with Crippen molar-refractivity contribution in [2.75, 3.05) is 13.1 Å². The average Bonchev–Trinajstić information content (AvgIpc) is 3.03. The van der Waals surface area contributed by atoms with Crippen molar-refractivity contribution in [3.05, 3.63) is 88.2 Å². The molecule has 0 unspecified atom stereocenters. The van der Waals surface area contributed by atoms with E-state index in [9.17, 15) is 13.2 Å². The third-order valence-electron chi connectivity index (χ3n) is 4.73. The number of nitrogens with one attached hydrogen (secondary N) is 2. The van der Waals surface area contributed by atoms with Gasteiger partial charge in [0.15, 0.2) is 0 Å². The molecule has 0 aliphatic carbocycles. The van der Waals surface area contributed by atoms with Crippen molar-refractivity contribution in [3.8, 4) is 0 Å². The molecule has 1 amide bonds. The molecule has 0 aliphatic heterocycles. The number of carbonyl (C=O) groups excluding carboxylic acids is 1. The Bertz CT molecular complexity index is 1200. The Hall–Kier alpha value is -2.94. The normalized spacial score (nSPS) is 11.7. The number of sulfonamides is 1. The lowest BCUT2D eigenvalue weighted by atomic mass is 10.2. The number of rotatable bonds is 9. The molecule has 168 valence electrons. The van der Waals surface area contributed by atoms with E-state index in [0.717, 1.165) is 11.1 Å². The van der Waals surface area contributed by atoms with E-state index < -0.39 is 10.0 Å². The topological polar surface area (TPSA) is 93.1 Å². The zero-order chi connectivity index (χ0) is 23.1. The summed E-state index contributed by atoms with van der Waals surface area (Å²) in [5, 5.41) is 7.54. The molecule has 32 heavy (non-hydrogen) atoms. The summed E-state index contributed by atoms with van der Waals surface area (Å²) in [4.78, 5) is 12.3. The molecule has 0 saturated heterocycles. The molecular formula is C23H25ClN4O3S. The predicted molar refractivity (Wildman–Crippen MR) is 126 cm³/mol. The number of carbonyl (C=O) groups is 1. The van der Waals surface area contributed by atoms with Crippen molar-refractivity contribution >= 4 is 33.6 Å². The Morgan fingerprint density at radius 2 is 1.75 bits per heavy atom. The number of hydrogen-bond donors (Lipinski definition) is 2. The lowest BCUT2D eigenvalue weighted by molar-refractivity contribution is -0.116. The minimum atomic E-state index is -3.61. The van der Waals surface area contributed by atoms with E-state index in [4.69, 9.17) is 11.6 Å². The van der Waals surface area contributed by atoms with Crippen molar-refractivity contribution in [2.45, 2.75) is 25.3 Å². The van der Waals surface area contributed by atoms with Crippen LogP contribution in [-0.4, -0.2) is 37.2 Å². The van der Waals surface area contributed by atoms with Crippen LogP contribution in [0.2, 0.25) is 5.15 Å². The van der Waals surface area contributed by atoms with E-state index in [1.54, 1.807) is 35.0 Å². The Labute approximate surface area is 193 Å². The summed E-state index contributed by atoms with van der Waals surface area (Å²) in [7, 11) is -3.61. The standard InChI is InChI=1S/C23H25ClN4O3S/c1-17-8-10-20(11-9-17)32(30,31)26-15-14-25-22(29)13-12-21-18(2)27-28(23(21)24)16-19-6-4-3-5-7-19/h3-13,26H,14-16H2,1-2H3,(H,25,29)/b13-12+. The molecule has 0 aliphatic rings. The van der Waals surface area contributed by atoms with Gasteiger partial charge in [-0.1, -0.05) is 59.6 Å². The van der Waals surface area contributed by atoms with Crippen LogP contribution in [0.3, 0.4) is 0 Å². The molecule has 0 atom stereocenters. The van der Waals surface area contributed by atoms with E-state index in [2.05, 4.69) is 15.1 Å². The van der Waals surface area contributed by atoms with Gasteiger partial charge in [-0.25, -0.2) is 17.8 Å². The second-order valence-corrected chi connectivity index (χ2v) is 9.39. The Balaban J connectivity index is 1.52. The van der Waals surface area contributed by atoms with E-state index >= 15 is 0 Å². The van der Waals surface area contributed by atoms with Gasteiger partial charge < -0.3 is 5.32 Å². The monoisotopic (exact) mass is 472 g/mol. The first kappa shape index (κ1) is 23.7. The van der Waals surface area contributed by atoms with E-state index in [1.807, 2.05) is 44.2 Å². The molecular weight excluding hydrogens is 448 g/mol. The third-order valence-corrected chi connectivity index (χ3v) is 6.61. The summed E-state index contributed by atoms with van der Waals surface area (Å²) < 4.78 is 28.6. The van der Waals surface area contributed by atoms with Gasteiger partial charge in [0.05, 0.1) is 17.1 Å². The van der Waals surface area contributed by atoms with Gasteiger partial charge in [0.25, 0.3) is 0 Å². The first-order chi connectivity index (χ1) is 15.3. The van der Waals surface area contributed by atoms with Gasteiger partial charge in [-0.05, 0) is 37.6 Å². The van der Waals surface area contributed by atoms with Gasteiger partial charge in [0.2, 0.25) is 15.9 Å². The second kappa shape index (κ2) is 10.6. The molecule has 7 nitrogen and oxygen atoms in total. The SMILES string of the molecule is Cc1ccc(S(=O)(=O)NCCNC(=O)/C=C/c2c(C)nn(Cc3ccccc3)c2Cl)cc1. The summed E-state index contributed by atoms with van der Waals surface area (Å²) in [5.74, 6) is -0.356. The predicted octanol–water partition coefficient (Wildman–Crippen LogP) is 3.31. The van der Waals surface area contributed by atoms with Crippen LogP contribution < -0.4 is 10.0 Å². The van der Waals surface area contributed by atoms with Crippen LogP contribution in [0, 0.1) is 13.8 Å². The molecule has 0 spiro atoms. The van der Waals surface area contributed by atoms with Crippen molar-refractivity contribution in [3.63, 3.8) is 0 Å². The minimum Gasteiger partial charge on any atom is -0.351 e. The van der Waals surface area contributed by atoms with Gasteiger partial charge in [-0.2, -0.15) is 5.10 Å². The van der Waals surface area contributed by atoms with Crippen molar-refractivity contribution in [1.82, 2.24) is 19.8 Å². The maximum atomic E-state index is 12.2. The molecule has 2 aromatic carbocycles. The molecule has 3 rings (SSSR count). The zero-order valence-electron chi connectivity index (χ0n) is 17.9. The maximum absolute atomic E-state index is 12.2. The molecule has 1 heterocycles. The third kappa shape index (κ3) is 6.29. The fourth-order valence-electron chi connectivity index (χ4n) is 3.01. The van der Waals surface area contributed by atoms with Crippen molar-refractivity contribution in [2.24, 2.45) is 0 Å². The average molecular weight is 473 g/mol. The van der Waals surface area contributed by atoms with Crippen molar-refractivity contribution in [1.29, 1.82) is 0 Å². The van der Waals surface area contributed by atoms with Crippen LogP contribution in [0.4, 0.5) is 0 Å². The molecule has 2 N–H and O–H groups in total. The van der Waals surface area contributed by atoms with Crippen LogP contribution in [0.5, 0.6) is 0 Å². The highest BCUT2D eigenvalue weighted by molar-refractivity contribution is 7.89. The highest BCUT2D eigenvalue weighted by Gasteiger charge is 2.13. The zero-order valence-corrected chi connectivity index (χ0v) is 19.4. The number of halogens is 1. The number of aromatic nitrogens is 2. The molecule has 0 bridgehead atoms. The van der Waals surface area contributed by atoms with Gasteiger partial charge in [0, 0.05) is 24.7 Å². The number of benzene rings is 2. The lowest BCUT2D eigenvalue weighted by Crippen LogP contribution is -2.34. The highest BCUT2D eigenvalue weighted by atomic mass is 35.5. The summed E-state index contributed by atoms with van der Waals surface area (Å²) in [6, 6.07) is 16.4. The van der Waals surface area contributed by atoms with E-state index in [0.29, 0.717) is 23.0 Å². The fourth-order valence-corrected chi connectivity index (χ4v) is 4.34. The number of aryl methyl sites for hydroxylation is 2. The minimum absolute atomic E-state index is 0.0740. The Morgan fingerprint density at radius 3 is 2.44 bits per heavy atom. The van der Waals surface area contributed by atoms with Crippen LogP contribution in [0.15, 0.2) is 65.6 Å². The van der Waals surface area contributed by atoms with Crippen LogP contribution in [0.1, 0.15) is 22.4 Å². The first-order valence-electron chi connectivity index (χ1n) is 10.1. The molecule has 0 radical (unpaired) electrons. The Morgan fingerprint density at radius 1 is 1.06 bits per heavy atom. The Kier molecular flexibility index (Phi) is 7.84. The van der Waals surface area contributed by atoms with Crippen molar-refractivity contribution < 1.29 is 13.2 Å². The summed E-state index contributed by atoms with van der Waals surface area (Å²) in [6.07, 6.45) is 2.97. The molecule has 0 fully saturated rings. The smallest absolute Gasteiger partial charge is 0.244 e. The molecule has 0 saturated carbocycles. The number of amides is 1. The molecule has 3 aromatic rings. The summed E-state index contributed by atoms with van der Waals surface area (Å²) in [6.45, 7) is 4.46. The first-order valence-corrected chi connectivity index (χ1v) is 11.9. The van der Waals surface area contributed by atoms with Crippen LogP contribution >= 0.6 is 11.6 Å². The number of nitrogens with zero attached hydrogens (tertiary/aromatic N) is 2. The van der Waals surface area contributed by atoms with Crippen LogP contribution in [0.25, 0.3) is 6.08 Å². The van der Waals surface area contributed by atoms with Crippen LogP contribution in [-0.2, 0) is 21.4 Å². The number of hydrogen-bond acceptors (Lipinski definition) is 4. The summed E-state index contributed by atoms with van der Waals surface area (Å²) in [5.41, 5.74) is 3.42. The molecule has 9 heteroatoms. The summed E-state index contributed by atoms with van der Waals surface area (Å²) >= 11 is 6.45. The maximum Gasteiger partial charge on any atom is 0.244 e. The van der Waals surface area contributed by atoms with Gasteiger partial charge in [-0.3, -0.25) is 4.79 Å². The van der Waals surface area contributed by atoms with Gasteiger partial charge >= 0.3 is 0 Å². The second-order valence-electron chi connectivity index (χ2n) is 7.27. The van der Waals surface area contributed by atoms with E-state index in [1.165, 1.54) is 6.08 Å². The van der Waals surface area contributed by atoms with Gasteiger partial charge in [-0.15, -0.1) is 0 Å². The largest absolute Gasteiger partial charge is 0.351 e.